The van der Waals surface area contributed by atoms with Crippen molar-refractivity contribution in [2.45, 2.75) is 6.92 Å². The van der Waals surface area contributed by atoms with E-state index in [4.69, 9.17) is 12.2 Å². The number of aryl methyl sites for hydroxylation is 1. The molecule has 2 aromatic carbocycles. The van der Waals surface area contributed by atoms with E-state index >= 15 is 0 Å². The van der Waals surface area contributed by atoms with Gasteiger partial charge in [-0.15, -0.1) is 0 Å². The van der Waals surface area contributed by atoms with Crippen LogP contribution in [0.2, 0.25) is 0 Å². The average Bonchev–Trinajstić information content (AvgIpc) is 2.63. The third-order valence-corrected chi connectivity index (χ3v) is 4.08. The van der Waals surface area contributed by atoms with Crippen molar-refractivity contribution in [2.24, 2.45) is 0 Å². The smallest absolute Gasteiger partial charge is 0.238 e. The molecular weight excluding hydrogens is 347 g/mol. The van der Waals surface area contributed by atoms with E-state index in [-0.39, 0.29) is 5.76 Å². The number of halogens is 1. The van der Waals surface area contributed by atoms with Crippen LogP contribution < -0.4 is 15.0 Å². The Morgan fingerprint density at radius 3 is 2.35 bits per heavy atom. The predicted molar refractivity (Wildman–Crippen MR) is 104 cm³/mol. The Morgan fingerprint density at radius 2 is 1.69 bits per heavy atom. The quantitative estimate of drug-likeness (QED) is 0.333. The van der Waals surface area contributed by atoms with Gasteiger partial charge in [-0.05, 0) is 48.1 Å². The van der Waals surface area contributed by atoms with Gasteiger partial charge in [0.05, 0.1) is 0 Å². The van der Waals surface area contributed by atoms with E-state index in [1.54, 1.807) is 17.0 Å². The fourth-order valence-electron chi connectivity index (χ4n) is 2.54. The van der Waals surface area contributed by atoms with E-state index < -0.39 is 5.82 Å². The third-order valence-electron chi connectivity index (χ3n) is 3.79. The van der Waals surface area contributed by atoms with E-state index in [0.29, 0.717) is 16.2 Å². The Balaban J connectivity index is 2.05. The van der Waals surface area contributed by atoms with Crippen LogP contribution in [-0.4, -0.2) is 4.99 Å². The van der Waals surface area contributed by atoms with Gasteiger partial charge in [0.15, 0.2) is 17.4 Å². The molecule has 0 radical (unpaired) electrons. The van der Waals surface area contributed by atoms with E-state index in [0.717, 1.165) is 11.3 Å². The third kappa shape index (κ3) is 4.13. The van der Waals surface area contributed by atoms with Gasteiger partial charge in [0, 0.05) is 17.8 Å². The minimum Gasteiger partial charge on any atom is -0.867 e. The topological polar surface area (TPSA) is 39.0 Å². The van der Waals surface area contributed by atoms with Gasteiger partial charge < -0.3 is 10.4 Å². The van der Waals surface area contributed by atoms with Crippen LogP contribution in [0.4, 0.5) is 10.1 Å². The zero-order chi connectivity index (χ0) is 18.5. The molecule has 0 spiro atoms. The molecule has 130 valence electrons. The van der Waals surface area contributed by atoms with Crippen molar-refractivity contribution in [2.75, 3.05) is 5.32 Å². The molecule has 0 saturated carbocycles. The number of hydrogen-bond donors (Lipinski definition) is 1. The predicted octanol–water partition coefficient (Wildman–Crippen LogP) is 3.55. The van der Waals surface area contributed by atoms with Gasteiger partial charge in [0.1, 0.15) is 5.82 Å². The van der Waals surface area contributed by atoms with Crippen LogP contribution in [0, 0.1) is 12.7 Å². The summed E-state index contributed by atoms with van der Waals surface area (Å²) < 4.78 is 14.9. The average molecular weight is 364 g/mol. The number of nitrogens with zero attached hydrogens (tertiary/aromatic N) is 1. The van der Waals surface area contributed by atoms with Crippen molar-refractivity contribution in [3.05, 3.63) is 96.1 Å². The molecule has 0 aliphatic rings. The van der Waals surface area contributed by atoms with Crippen LogP contribution in [0.15, 0.2) is 79.1 Å². The second-order valence-corrected chi connectivity index (χ2v) is 6.20. The highest BCUT2D eigenvalue weighted by Crippen LogP contribution is 2.18. The summed E-state index contributed by atoms with van der Waals surface area (Å²) in [6, 6.07) is 18.6. The van der Waals surface area contributed by atoms with Crippen molar-refractivity contribution in [1.29, 1.82) is 0 Å². The number of thiocarbonyl (C=S) groups is 1. The van der Waals surface area contributed by atoms with Gasteiger partial charge in [0.2, 0.25) is 5.70 Å². The molecule has 0 atom stereocenters. The fraction of sp³-hybridized carbons (Fsp3) is 0.0476. The summed E-state index contributed by atoms with van der Waals surface area (Å²) in [5.74, 6) is -0.678. The minimum absolute atomic E-state index is 0.286. The zero-order valence-corrected chi connectivity index (χ0v) is 15.0. The Labute approximate surface area is 157 Å². The Kier molecular flexibility index (Phi) is 5.39. The molecule has 3 rings (SSSR count). The summed E-state index contributed by atoms with van der Waals surface area (Å²) in [4.78, 5) is 0.293. The maximum Gasteiger partial charge on any atom is 0.238 e. The normalized spacial score (nSPS) is 11.6. The van der Waals surface area contributed by atoms with Gasteiger partial charge in [-0.3, -0.25) is 0 Å². The number of hydrogen-bond acceptors (Lipinski definition) is 2. The molecule has 26 heavy (non-hydrogen) atoms. The summed E-state index contributed by atoms with van der Waals surface area (Å²) in [7, 11) is 0. The lowest BCUT2D eigenvalue weighted by molar-refractivity contribution is -0.577. The van der Waals surface area contributed by atoms with Gasteiger partial charge in [-0.25, -0.2) is 4.39 Å². The highest BCUT2D eigenvalue weighted by molar-refractivity contribution is 7.81. The molecule has 0 fully saturated rings. The van der Waals surface area contributed by atoms with Crippen LogP contribution >= 0.6 is 12.2 Å². The Morgan fingerprint density at radius 1 is 1.00 bits per heavy atom. The number of pyridine rings is 1. The molecule has 0 aliphatic heterocycles. The van der Waals surface area contributed by atoms with Gasteiger partial charge in [-0.2, -0.15) is 4.57 Å². The summed E-state index contributed by atoms with van der Waals surface area (Å²) in [5.41, 5.74) is 2.55. The lowest BCUT2D eigenvalue weighted by atomic mass is 10.1. The highest BCUT2D eigenvalue weighted by Gasteiger charge is 2.18. The minimum atomic E-state index is -0.393. The summed E-state index contributed by atoms with van der Waals surface area (Å²) >= 11 is 5.52. The Bertz CT molecular complexity index is 953. The summed E-state index contributed by atoms with van der Waals surface area (Å²) in [6.07, 6.45) is 3.50. The van der Waals surface area contributed by atoms with Gasteiger partial charge in [0.25, 0.3) is 0 Å². The van der Waals surface area contributed by atoms with Crippen LogP contribution in [0.25, 0.3) is 11.5 Å². The molecule has 1 heterocycles. The largest absolute Gasteiger partial charge is 0.867 e. The molecule has 0 amide bonds. The SMILES string of the molecule is Cc1cccc(NC(=S)C(=C([O-])c2ccc(F)cc2)[n+]2ccccc2)c1. The van der Waals surface area contributed by atoms with Crippen LogP contribution in [-0.2, 0) is 0 Å². The zero-order valence-electron chi connectivity index (χ0n) is 14.1. The van der Waals surface area contributed by atoms with Crippen molar-refractivity contribution < 1.29 is 14.1 Å². The van der Waals surface area contributed by atoms with Crippen molar-refractivity contribution >= 4 is 34.3 Å². The number of rotatable bonds is 4. The standard InChI is InChI=1S/C21H17FN2OS/c1-15-6-5-7-18(14-15)23-21(26)19(24-12-3-2-4-13-24)20(25)16-8-10-17(22)11-9-16/h2-14H,1H3,(H-,23,25,26). The molecule has 5 heteroatoms. The van der Waals surface area contributed by atoms with Crippen molar-refractivity contribution in [3.63, 3.8) is 0 Å². The molecule has 1 N–H and O–H groups in total. The lowest BCUT2D eigenvalue weighted by Gasteiger charge is -2.17. The second kappa shape index (κ2) is 7.89. The lowest BCUT2D eigenvalue weighted by Crippen LogP contribution is -2.39. The second-order valence-electron chi connectivity index (χ2n) is 5.79. The number of nitrogens with one attached hydrogen (secondary N) is 1. The summed E-state index contributed by atoms with van der Waals surface area (Å²) in [6.45, 7) is 1.98. The van der Waals surface area contributed by atoms with Crippen molar-refractivity contribution in [3.8, 4) is 0 Å². The van der Waals surface area contributed by atoms with E-state index in [1.165, 1.54) is 24.3 Å². The Hall–Kier alpha value is -3.05. The first-order valence-corrected chi connectivity index (χ1v) is 8.47. The fourth-order valence-corrected chi connectivity index (χ4v) is 2.85. The van der Waals surface area contributed by atoms with E-state index in [2.05, 4.69) is 5.32 Å². The molecule has 3 nitrogen and oxygen atoms in total. The molecule has 0 bridgehead atoms. The number of anilines is 1. The summed E-state index contributed by atoms with van der Waals surface area (Å²) in [5, 5.41) is 16.2. The number of aromatic nitrogens is 1. The van der Waals surface area contributed by atoms with Crippen LogP contribution in [0.3, 0.4) is 0 Å². The van der Waals surface area contributed by atoms with Gasteiger partial charge in [-0.1, -0.05) is 42.5 Å². The first-order chi connectivity index (χ1) is 12.5. The van der Waals surface area contributed by atoms with Crippen LogP contribution in [0.1, 0.15) is 11.1 Å². The molecular formula is C21H17FN2OS. The molecule has 1 aromatic heterocycles. The monoisotopic (exact) mass is 364 g/mol. The molecule has 0 unspecified atom stereocenters. The number of benzene rings is 2. The van der Waals surface area contributed by atoms with Crippen molar-refractivity contribution in [1.82, 2.24) is 0 Å². The maximum atomic E-state index is 13.2. The molecule has 0 saturated heterocycles. The molecule has 3 aromatic rings. The van der Waals surface area contributed by atoms with Crippen LogP contribution in [0.5, 0.6) is 0 Å². The van der Waals surface area contributed by atoms with Gasteiger partial charge >= 0.3 is 0 Å². The van der Waals surface area contributed by atoms with E-state index in [1.807, 2.05) is 49.4 Å². The maximum absolute atomic E-state index is 13.2. The highest BCUT2D eigenvalue weighted by atomic mass is 32.1. The first-order valence-electron chi connectivity index (χ1n) is 8.06. The van der Waals surface area contributed by atoms with E-state index in [9.17, 15) is 9.50 Å². The molecule has 0 aliphatic carbocycles. The first kappa shape index (κ1) is 17.8.